The molecule has 0 spiro atoms. The first-order chi connectivity index (χ1) is 16.3. The van der Waals surface area contributed by atoms with Crippen molar-refractivity contribution in [3.8, 4) is 0 Å². The minimum absolute atomic E-state index is 0.0879. The number of rotatable bonds is 5. The maximum atomic E-state index is 12.9. The third kappa shape index (κ3) is 5.82. The molecule has 4 rings (SSSR count). The van der Waals surface area contributed by atoms with Crippen LogP contribution in [-0.4, -0.2) is 47.8 Å². The Kier molecular flexibility index (Phi) is 6.98. The molecule has 0 atom stereocenters. The number of carbonyl (C=O) groups excluding carboxylic acids is 2. The van der Waals surface area contributed by atoms with Gasteiger partial charge in [-0.15, -0.1) is 0 Å². The SMILES string of the molecule is O=C(Nc1ccc(C(=O)N2CCN(Cc3ccc(C(F)(F)F)cc3)CC2)cc1)c1ccccc1. The lowest BCUT2D eigenvalue weighted by atomic mass is 10.1. The summed E-state index contributed by atoms with van der Waals surface area (Å²) < 4.78 is 38.2. The summed E-state index contributed by atoms with van der Waals surface area (Å²) in [6.07, 6.45) is -4.34. The summed E-state index contributed by atoms with van der Waals surface area (Å²) in [6.45, 7) is 2.88. The van der Waals surface area contributed by atoms with E-state index in [1.165, 1.54) is 12.1 Å². The first kappa shape index (κ1) is 23.5. The van der Waals surface area contributed by atoms with Crippen molar-refractivity contribution in [3.05, 3.63) is 101 Å². The Bertz CT molecular complexity index is 1120. The fraction of sp³-hybridized carbons (Fsp3) is 0.231. The van der Waals surface area contributed by atoms with E-state index in [1.807, 2.05) is 6.07 Å². The van der Waals surface area contributed by atoms with Gasteiger partial charge >= 0.3 is 6.18 Å². The molecule has 2 amide bonds. The van der Waals surface area contributed by atoms with E-state index in [0.29, 0.717) is 49.5 Å². The molecule has 1 aliphatic rings. The van der Waals surface area contributed by atoms with E-state index < -0.39 is 11.7 Å². The number of alkyl halides is 3. The van der Waals surface area contributed by atoms with Crippen molar-refractivity contribution in [3.63, 3.8) is 0 Å². The molecule has 3 aromatic rings. The number of benzene rings is 3. The van der Waals surface area contributed by atoms with Crippen LogP contribution in [0.5, 0.6) is 0 Å². The molecule has 3 aromatic carbocycles. The van der Waals surface area contributed by atoms with E-state index in [2.05, 4.69) is 10.2 Å². The van der Waals surface area contributed by atoms with Gasteiger partial charge in [-0.25, -0.2) is 0 Å². The molecule has 0 unspecified atom stereocenters. The zero-order valence-corrected chi connectivity index (χ0v) is 18.4. The van der Waals surface area contributed by atoms with E-state index in [4.69, 9.17) is 0 Å². The summed E-state index contributed by atoms with van der Waals surface area (Å²) in [7, 11) is 0. The van der Waals surface area contributed by atoms with Gasteiger partial charge in [0.1, 0.15) is 0 Å². The van der Waals surface area contributed by atoms with Crippen molar-refractivity contribution >= 4 is 17.5 Å². The normalized spacial score (nSPS) is 14.6. The third-order valence-corrected chi connectivity index (χ3v) is 5.77. The van der Waals surface area contributed by atoms with Crippen molar-refractivity contribution in [2.24, 2.45) is 0 Å². The number of carbonyl (C=O) groups is 2. The van der Waals surface area contributed by atoms with Gasteiger partial charge < -0.3 is 10.2 Å². The number of nitrogens with one attached hydrogen (secondary N) is 1. The summed E-state index contributed by atoms with van der Waals surface area (Å²) in [4.78, 5) is 29.0. The number of nitrogens with zero attached hydrogens (tertiary/aromatic N) is 2. The summed E-state index contributed by atoms with van der Waals surface area (Å²) >= 11 is 0. The van der Waals surface area contributed by atoms with Crippen LogP contribution in [-0.2, 0) is 12.7 Å². The molecule has 0 radical (unpaired) electrons. The second kappa shape index (κ2) is 10.1. The van der Waals surface area contributed by atoms with Crippen LogP contribution >= 0.6 is 0 Å². The number of piperazine rings is 1. The van der Waals surface area contributed by atoms with Crippen LogP contribution in [0.2, 0.25) is 0 Å². The molecule has 1 fully saturated rings. The largest absolute Gasteiger partial charge is 0.416 e. The fourth-order valence-electron chi connectivity index (χ4n) is 3.84. The summed E-state index contributed by atoms with van der Waals surface area (Å²) in [5, 5.41) is 2.81. The van der Waals surface area contributed by atoms with Crippen molar-refractivity contribution in [2.75, 3.05) is 31.5 Å². The van der Waals surface area contributed by atoms with Crippen molar-refractivity contribution in [1.82, 2.24) is 9.80 Å². The highest BCUT2D eigenvalue weighted by atomic mass is 19.4. The van der Waals surface area contributed by atoms with Crippen LogP contribution in [0.1, 0.15) is 31.8 Å². The first-order valence-corrected chi connectivity index (χ1v) is 10.9. The van der Waals surface area contributed by atoms with Gasteiger partial charge in [0.15, 0.2) is 0 Å². The van der Waals surface area contributed by atoms with Crippen LogP contribution in [0.3, 0.4) is 0 Å². The first-order valence-electron chi connectivity index (χ1n) is 10.9. The highest BCUT2D eigenvalue weighted by molar-refractivity contribution is 6.04. The standard InChI is InChI=1S/C26H24F3N3O2/c27-26(28,29)22-10-6-19(7-11-22)18-31-14-16-32(17-15-31)25(34)21-8-12-23(13-9-21)30-24(33)20-4-2-1-3-5-20/h1-13H,14-18H2,(H,30,33). The maximum Gasteiger partial charge on any atom is 0.416 e. The Morgan fingerprint density at radius 3 is 1.97 bits per heavy atom. The van der Waals surface area contributed by atoms with Gasteiger partial charge in [-0.2, -0.15) is 13.2 Å². The summed E-state index contributed by atoms with van der Waals surface area (Å²) in [5.41, 5.74) is 1.84. The lowest BCUT2D eigenvalue weighted by Gasteiger charge is -2.34. The Morgan fingerprint density at radius 1 is 0.765 bits per heavy atom. The molecule has 34 heavy (non-hydrogen) atoms. The fourth-order valence-corrected chi connectivity index (χ4v) is 3.84. The van der Waals surface area contributed by atoms with E-state index in [9.17, 15) is 22.8 Å². The predicted octanol–water partition coefficient (Wildman–Crippen LogP) is 4.92. The molecule has 0 aliphatic carbocycles. The molecule has 0 bridgehead atoms. The highest BCUT2D eigenvalue weighted by Gasteiger charge is 2.30. The van der Waals surface area contributed by atoms with Gasteiger partial charge in [-0.3, -0.25) is 14.5 Å². The van der Waals surface area contributed by atoms with E-state index in [-0.39, 0.29) is 11.8 Å². The number of hydrogen-bond acceptors (Lipinski definition) is 3. The van der Waals surface area contributed by atoms with Gasteiger partial charge in [0.2, 0.25) is 0 Å². The van der Waals surface area contributed by atoms with Crippen LogP contribution < -0.4 is 5.32 Å². The molecular formula is C26H24F3N3O2. The highest BCUT2D eigenvalue weighted by Crippen LogP contribution is 2.29. The van der Waals surface area contributed by atoms with Crippen LogP contribution in [0.25, 0.3) is 0 Å². The Balaban J connectivity index is 1.28. The summed E-state index contributed by atoms with van der Waals surface area (Å²) in [6, 6.07) is 20.9. The Morgan fingerprint density at radius 2 is 1.38 bits per heavy atom. The summed E-state index contributed by atoms with van der Waals surface area (Å²) in [5.74, 6) is -0.307. The quantitative estimate of drug-likeness (QED) is 0.580. The molecule has 0 saturated carbocycles. The maximum absolute atomic E-state index is 12.9. The zero-order valence-electron chi connectivity index (χ0n) is 18.4. The molecule has 1 N–H and O–H groups in total. The van der Waals surface area contributed by atoms with E-state index in [0.717, 1.165) is 17.7 Å². The molecule has 1 saturated heterocycles. The van der Waals surface area contributed by atoms with Gasteiger partial charge in [-0.05, 0) is 54.1 Å². The minimum atomic E-state index is -4.34. The van der Waals surface area contributed by atoms with Crippen LogP contribution in [0.15, 0.2) is 78.9 Å². The molecule has 8 heteroatoms. The van der Waals surface area contributed by atoms with Crippen molar-refractivity contribution in [1.29, 1.82) is 0 Å². The molecule has 176 valence electrons. The predicted molar refractivity (Wildman–Crippen MR) is 123 cm³/mol. The van der Waals surface area contributed by atoms with E-state index >= 15 is 0 Å². The van der Waals surface area contributed by atoms with Gasteiger partial charge in [0.25, 0.3) is 11.8 Å². The third-order valence-electron chi connectivity index (χ3n) is 5.77. The van der Waals surface area contributed by atoms with Crippen molar-refractivity contribution < 1.29 is 22.8 Å². The molecule has 1 heterocycles. The molecule has 0 aromatic heterocycles. The number of halogens is 3. The lowest BCUT2D eigenvalue weighted by Crippen LogP contribution is -2.48. The lowest BCUT2D eigenvalue weighted by molar-refractivity contribution is -0.137. The average Bonchev–Trinajstić information content (AvgIpc) is 2.85. The van der Waals surface area contributed by atoms with Gasteiger partial charge in [-0.1, -0.05) is 30.3 Å². The van der Waals surface area contributed by atoms with E-state index in [1.54, 1.807) is 53.4 Å². The number of amides is 2. The minimum Gasteiger partial charge on any atom is -0.336 e. The Hall–Kier alpha value is -3.65. The smallest absolute Gasteiger partial charge is 0.336 e. The zero-order chi connectivity index (χ0) is 24.1. The topological polar surface area (TPSA) is 52.7 Å². The van der Waals surface area contributed by atoms with Crippen LogP contribution in [0, 0.1) is 0 Å². The van der Waals surface area contributed by atoms with Gasteiger partial charge in [0.05, 0.1) is 5.56 Å². The number of anilines is 1. The van der Waals surface area contributed by atoms with Crippen LogP contribution in [0.4, 0.5) is 18.9 Å². The molecule has 1 aliphatic heterocycles. The molecule has 5 nitrogen and oxygen atoms in total. The second-order valence-electron chi connectivity index (χ2n) is 8.16. The van der Waals surface area contributed by atoms with Crippen molar-refractivity contribution in [2.45, 2.75) is 12.7 Å². The molecular weight excluding hydrogens is 443 g/mol. The van der Waals surface area contributed by atoms with Gasteiger partial charge in [0, 0.05) is 49.5 Å². The number of hydrogen-bond donors (Lipinski definition) is 1. The Labute approximate surface area is 195 Å². The monoisotopic (exact) mass is 467 g/mol. The average molecular weight is 467 g/mol. The second-order valence-corrected chi connectivity index (χ2v) is 8.16.